The van der Waals surface area contributed by atoms with Crippen LogP contribution in [-0.2, 0) is 0 Å². The molecule has 0 saturated heterocycles. The van der Waals surface area contributed by atoms with Gasteiger partial charge in [0.15, 0.2) is 17.5 Å². The summed E-state index contributed by atoms with van der Waals surface area (Å²) in [6.45, 7) is 0. The zero-order valence-electron chi connectivity index (χ0n) is 10.0. The van der Waals surface area contributed by atoms with Crippen molar-refractivity contribution in [2.75, 3.05) is 7.11 Å². The highest BCUT2D eigenvalue weighted by Gasteiger charge is 2.11. The van der Waals surface area contributed by atoms with Crippen LogP contribution < -0.4 is 4.74 Å². The highest BCUT2D eigenvalue weighted by molar-refractivity contribution is 5.45. The molecule has 0 aliphatic rings. The fraction of sp³-hybridized carbons (Fsp3) is 0.0667. The second kappa shape index (κ2) is 5.49. The van der Waals surface area contributed by atoms with E-state index in [9.17, 15) is 13.2 Å². The van der Waals surface area contributed by atoms with Gasteiger partial charge in [0.25, 0.3) is 0 Å². The zero-order valence-corrected chi connectivity index (χ0v) is 10.0. The van der Waals surface area contributed by atoms with Crippen LogP contribution in [-0.4, -0.2) is 7.11 Å². The van der Waals surface area contributed by atoms with Gasteiger partial charge >= 0.3 is 0 Å². The van der Waals surface area contributed by atoms with E-state index in [1.165, 1.54) is 7.11 Å². The Balaban J connectivity index is 2.31. The molecule has 0 amide bonds. The molecule has 19 heavy (non-hydrogen) atoms. The Labute approximate surface area is 108 Å². The van der Waals surface area contributed by atoms with E-state index in [-0.39, 0.29) is 5.56 Å². The van der Waals surface area contributed by atoms with Crippen molar-refractivity contribution < 1.29 is 17.9 Å². The first-order valence-corrected chi connectivity index (χ1v) is 5.41. The molecule has 0 radical (unpaired) electrons. The first kappa shape index (κ1) is 13.0. The van der Waals surface area contributed by atoms with E-state index in [1.54, 1.807) is 24.3 Å². The largest absolute Gasteiger partial charge is 0.497 e. The fourth-order valence-electron chi connectivity index (χ4n) is 1.44. The molecule has 1 nitrogen and oxygen atoms in total. The summed E-state index contributed by atoms with van der Waals surface area (Å²) in [7, 11) is 1.54. The highest BCUT2D eigenvalue weighted by atomic mass is 19.2. The van der Waals surface area contributed by atoms with Gasteiger partial charge in [-0.3, -0.25) is 0 Å². The Kier molecular flexibility index (Phi) is 3.76. The number of rotatable bonds is 1. The van der Waals surface area contributed by atoms with Gasteiger partial charge < -0.3 is 4.74 Å². The smallest absolute Gasteiger partial charge is 0.195 e. The number of hydrogen-bond acceptors (Lipinski definition) is 1. The molecule has 0 fully saturated rings. The third-order valence-corrected chi connectivity index (χ3v) is 2.47. The van der Waals surface area contributed by atoms with Crippen LogP contribution in [0.5, 0.6) is 5.75 Å². The molecule has 0 aliphatic heterocycles. The van der Waals surface area contributed by atoms with E-state index in [1.807, 2.05) is 0 Å². The summed E-state index contributed by atoms with van der Waals surface area (Å²) < 4.78 is 44.0. The van der Waals surface area contributed by atoms with E-state index >= 15 is 0 Å². The van der Waals surface area contributed by atoms with Crippen LogP contribution in [0.4, 0.5) is 13.2 Å². The molecule has 0 aromatic heterocycles. The van der Waals surface area contributed by atoms with E-state index in [0.717, 1.165) is 12.1 Å². The minimum Gasteiger partial charge on any atom is -0.497 e. The fourth-order valence-corrected chi connectivity index (χ4v) is 1.44. The second-order valence-corrected chi connectivity index (χ2v) is 3.70. The Hall–Kier alpha value is -2.41. The maximum atomic E-state index is 13.3. The predicted octanol–water partition coefficient (Wildman–Crippen LogP) is 3.51. The molecule has 4 heteroatoms. The van der Waals surface area contributed by atoms with Crippen molar-refractivity contribution in [1.82, 2.24) is 0 Å². The number of halogens is 3. The summed E-state index contributed by atoms with van der Waals surface area (Å²) in [4.78, 5) is 0. The summed E-state index contributed by atoms with van der Waals surface area (Å²) in [6, 6.07) is 8.71. The average Bonchev–Trinajstić information content (AvgIpc) is 2.45. The van der Waals surface area contributed by atoms with Gasteiger partial charge in [0.2, 0.25) is 0 Å². The van der Waals surface area contributed by atoms with Gasteiger partial charge in [-0.05, 0) is 36.4 Å². The predicted molar refractivity (Wildman–Crippen MR) is 65.3 cm³/mol. The highest BCUT2D eigenvalue weighted by Crippen LogP contribution is 2.15. The molecule has 0 heterocycles. The van der Waals surface area contributed by atoms with Gasteiger partial charge in [0.1, 0.15) is 5.75 Å². The van der Waals surface area contributed by atoms with Crippen molar-refractivity contribution >= 4 is 0 Å². The lowest BCUT2D eigenvalue weighted by Crippen LogP contribution is -1.93. The van der Waals surface area contributed by atoms with Crippen LogP contribution in [0.3, 0.4) is 0 Å². The molecule has 0 spiro atoms. The van der Waals surface area contributed by atoms with Gasteiger partial charge in [-0.2, -0.15) is 0 Å². The third-order valence-electron chi connectivity index (χ3n) is 2.47. The van der Waals surface area contributed by atoms with Crippen molar-refractivity contribution in [3.8, 4) is 17.6 Å². The molecule has 96 valence electrons. The maximum Gasteiger partial charge on any atom is 0.195 e. The van der Waals surface area contributed by atoms with Gasteiger partial charge in [-0.1, -0.05) is 11.8 Å². The van der Waals surface area contributed by atoms with Crippen molar-refractivity contribution in [2.24, 2.45) is 0 Å². The molecule has 0 unspecified atom stereocenters. The topological polar surface area (TPSA) is 9.23 Å². The average molecular weight is 262 g/mol. The zero-order chi connectivity index (χ0) is 13.8. The lowest BCUT2D eigenvalue weighted by molar-refractivity contribution is 0.415. The van der Waals surface area contributed by atoms with Crippen molar-refractivity contribution in [1.29, 1.82) is 0 Å². The van der Waals surface area contributed by atoms with E-state index < -0.39 is 17.5 Å². The van der Waals surface area contributed by atoms with Gasteiger partial charge in [0, 0.05) is 5.56 Å². The maximum absolute atomic E-state index is 13.3. The van der Waals surface area contributed by atoms with E-state index in [4.69, 9.17) is 4.74 Å². The van der Waals surface area contributed by atoms with Crippen molar-refractivity contribution in [2.45, 2.75) is 0 Å². The van der Waals surface area contributed by atoms with Crippen LogP contribution in [0.25, 0.3) is 0 Å². The summed E-state index contributed by atoms with van der Waals surface area (Å²) in [5.74, 6) is 1.78. The molecular formula is C15H9F3O. The lowest BCUT2D eigenvalue weighted by Gasteiger charge is -1.98. The van der Waals surface area contributed by atoms with Crippen molar-refractivity contribution in [3.63, 3.8) is 0 Å². The van der Waals surface area contributed by atoms with Gasteiger partial charge in [-0.25, -0.2) is 13.2 Å². The van der Waals surface area contributed by atoms with Gasteiger partial charge in [-0.15, -0.1) is 0 Å². The number of ether oxygens (including phenoxy) is 1. The van der Waals surface area contributed by atoms with Gasteiger partial charge in [0.05, 0.1) is 12.7 Å². The number of benzene rings is 2. The molecule has 0 bridgehead atoms. The van der Waals surface area contributed by atoms with Crippen LogP contribution in [0, 0.1) is 29.3 Å². The summed E-state index contributed by atoms with van der Waals surface area (Å²) in [5, 5.41) is 0. The molecular weight excluding hydrogens is 253 g/mol. The molecule has 0 saturated carbocycles. The van der Waals surface area contributed by atoms with Crippen LogP contribution >= 0.6 is 0 Å². The quantitative estimate of drug-likeness (QED) is 0.564. The first-order valence-electron chi connectivity index (χ1n) is 5.41. The Bertz CT molecular complexity index is 652. The van der Waals surface area contributed by atoms with Crippen LogP contribution in [0.15, 0.2) is 36.4 Å². The van der Waals surface area contributed by atoms with Crippen molar-refractivity contribution in [3.05, 3.63) is 65.0 Å². The Morgan fingerprint density at radius 2 is 1.53 bits per heavy atom. The molecule has 0 aliphatic carbocycles. The Morgan fingerprint density at radius 1 is 0.842 bits per heavy atom. The normalized spacial score (nSPS) is 9.68. The summed E-state index contributed by atoms with van der Waals surface area (Å²) in [6.07, 6.45) is 0. The molecule has 0 N–H and O–H groups in total. The Morgan fingerprint density at radius 3 is 2.16 bits per heavy atom. The summed E-state index contributed by atoms with van der Waals surface area (Å²) in [5.41, 5.74) is 0.430. The minimum absolute atomic E-state index is 0.185. The van der Waals surface area contributed by atoms with Crippen LogP contribution in [0.1, 0.15) is 11.1 Å². The van der Waals surface area contributed by atoms with E-state index in [0.29, 0.717) is 11.3 Å². The SMILES string of the molecule is COc1ccc(C#Cc2ccc(F)c(F)c2F)cc1. The van der Waals surface area contributed by atoms with Crippen LogP contribution in [0.2, 0.25) is 0 Å². The van der Waals surface area contributed by atoms with E-state index in [2.05, 4.69) is 11.8 Å². The monoisotopic (exact) mass is 262 g/mol. The number of methoxy groups -OCH3 is 1. The third kappa shape index (κ3) is 2.89. The molecule has 2 aromatic carbocycles. The lowest BCUT2D eigenvalue weighted by atomic mass is 10.1. The standard InChI is InChI=1S/C15H9F3O/c1-19-12-7-3-10(4-8-12)2-5-11-6-9-13(16)15(18)14(11)17/h3-4,6-9H,1H3. The molecule has 2 aromatic rings. The number of hydrogen-bond donors (Lipinski definition) is 0. The molecule has 2 rings (SSSR count). The first-order chi connectivity index (χ1) is 9.11. The second-order valence-electron chi connectivity index (χ2n) is 3.70. The summed E-state index contributed by atoms with van der Waals surface area (Å²) >= 11 is 0. The molecule has 0 atom stereocenters. The minimum atomic E-state index is -1.51.